The molecule has 1 saturated heterocycles. The van der Waals surface area contributed by atoms with Gasteiger partial charge in [0, 0.05) is 41.5 Å². The van der Waals surface area contributed by atoms with E-state index in [0.29, 0.717) is 43.1 Å². The van der Waals surface area contributed by atoms with Crippen LogP contribution in [0, 0.1) is 5.92 Å². The van der Waals surface area contributed by atoms with E-state index in [1.54, 1.807) is 0 Å². The predicted molar refractivity (Wildman–Crippen MR) is 139 cm³/mol. The van der Waals surface area contributed by atoms with Crippen molar-refractivity contribution in [1.29, 1.82) is 0 Å². The number of pyridine rings is 1. The second kappa shape index (κ2) is 10.3. The summed E-state index contributed by atoms with van der Waals surface area (Å²) in [5.41, 5.74) is 4.13. The van der Waals surface area contributed by atoms with Gasteiger partial charge < -0.3 is 10.2 Å². The van der Waals surface area contributed by atoms with Crippen LogP contribution in [-0.4, -0.2) is 34.8 Å². The Labute approximate surface area is 209 Å². The number of halogens is 1. The van der Waals surface area contributed by atoms with Crippen LogP contribution in [0.1, 0.15) is 28.8 Å². The number of amides is 2. The molecular weight excluding hydrogens is 458 g/mol. The maximum Gasteiger partial charge on any atom is 0.254 e. The number of benzene rings is 3. The summed E-state index contributed by atoms with van der Waals surface area (Å²) < 4.78 is 0. The first-order valence-corrected chi connectivity index (χ1v) is 12.2. The lowest BCUT2D eigenvalue weighted by Crippen LogP contribution is -2.43. The molecule has 1 aliphatic rings. The van der Waals surface area contributed by atoms with Crippen molar-refractivity contribution >= 4 is 34.3 Å². The molecule has 3 aromatic carbocycles. The maximum atomic E-state index is 13.6. The number of carbonyl (C=O) groups excluding carboxylic acids is 2. The monoisotopic (exact) mass is 483 g/mol. The first-order chi connectivity index (χ1) is 17.1. The summed E-state index contributed by atoms with van der Waals surface area (Å²) in [5, 5.41) is 4.52. The van der Waals surface area contributed by atoms with Crippen molar-refractivity contribution in [3.63, 3.8) is 0 Å². The molecule has 5 rings (SSSR count). The Kier molecular flexibility index (Phi) is 6.77. The molecule has 0 aliphatic carbocycles. The summed E-state index contributed by atoms with van der Waals surface area (Å²) in [4.78, 5) is 32.9. The molecule has 0 unspecified atom stereocenters. The molecule has 0 atom stereocenters. The fourth-order valence-corrected chi connectivity index (χ4v) is 4.69. The molecule has 0 spiro atoms. The average molecular weight is 484 g/mol. The minimum atomic E-state index is -0.0819. The second-order valence-electron chi connectivity index (χ2n) is 8.85. The number of hydrogen-bond donors (Lipinski definition) is 1. The van der Waals surface area contributed by atoms with Crippen molar-refractivity contribution in [2.75, 3.05) is 13.1 Å². The largest absolute Gasteiger partial charge is 0.352 e. The van der Waals surface area contributed by atoms with Crippen molar-refractivity contribution in [2.45, 2.75) is 19.4 Å². The Balaban J connectivity index is 1.30. The minimum Gasteiger partial charge on any atom is -0.352 e. The third-order valence-corrected chi connectivity index (χ3v) is 6.80. The summed E-state index contributed by atoms with van der Waals surface area (Å²) in [5.74, 6) is -0.0520. The molecular formula is C29H26ClN3O2. The molecule has 1 aromatic heterocycles. The van der Waals surface area contributed by atoms with E-state index in [0.717, 1.165) is 27.7 Å². The summed E-state index contributed by atoms with van der Waals surface area (Å²) in [6.07, 6.45) is 1.30. The summed E-state index contributed by atoms with van der Waals surface area (Å²) in [6, 6.07) is 26.9. The van der Waals surface area contributed by atoms with Crippen LogP contribution in [0.4, 0.5) is 0 Å². The SMILES string of the molecule is O=C(NCc1ccccc1)C1CCN(C(=O)c2cc(-c3ccc(Cl)cc3)nc3ccccc23)CC1. The van der Waals surface area contributed by atoms with Crippen molar-refractivity contribution in [3.05, 3.63) is 101 Å². The normalized spacial score (nSPS) is 14.1. The van der Waals surface area contributed by atoms with Crippen LogP contribution in [0.5, 0.6) is 0 Å². The van der Waals surface area contributed by atoms with Gasteiger partial charge in [-0.15, -0.1) is 0 Å². The van der Waals surface area contributed by atoms with Gasteiger partial charge in [-0.2, -0.15) is 0 Å². The molecule has 0 saturated carbocycles. The van der Waals surface area contributed by atoms with Crippen molar-refractivity contribution in [2.24, 2.45) is 5.92 Å². The van der Waals surface area contributed by atoms with Crippen LogP contribution in [0.15, 0.2) is 84.9 Å². The summed E-state index contributed by atoms with van der Waals surface area (Å²) >= 11 is 6.05. The first-order valence-electron chi connectivity index (χ1n) is 11.8. The standard InChI is InChI=1S/C29H26ClN3O2/c30-23-12-10-21(11-13-23)27-18-25(24-8-4-5-9-26(24)32-27)29(35)33-16-14-22(15-17-33)28(34)31-19-20-6-2-1-3-7-20/h1-13,18,22H,14-17,19H2,(H,31,34). The number of nitrogens with zero attached hydrogens (tertiary/aromatic N) is 2. The van der Waals surface area contributed by atoms with Gasteiger partial charge >= 0.3 is 0 Å². The Morgan fingerprint density at radius 1 is 0.914 bits per heavy atom. The Hall–Kier alpha value is -3.70. The van der Waals surface area contributed by atoms with Crippen molar-refractivity contribution in [3.8, 4) is 11.3 Å². The molecule has 2 amide bonds. The second-order valence-corrected chi connectivity index (χ2v) is 9.29. The highest BCUT2D eigenvalue weighted by molar-refractivity contribution is 6.30. The fourth-order valence-electron chi connectivity index (χ4n) is 4.57. The number of fused-ring (bicyclic) bond motifs is 1. The van der Waals surface area contributed by atoms with Gasteiger partial charge in [0.05, 0.1) is 16.8 Å². The van der Waals surface area contributed by atoms with Gasteiger partial charge in [-0.05, 0) is 42.7 Å². The van der Waals surface area contributed by atoms with Crippen LogP contribution >= 0.6 is 11.6 Å². The topological polar surface area (TPSA) is 62.3 Å². The van der Waals surface area contributed by atoms with Gasteiger partial charge in [0.2, 0.25) is 5.91 Å². The van der Waals surface area contributed by atoms with E-state index in [4.69, 9.17) is 16.6 Å². The van der Waals surface area contributed by atoms with Crippen LogP contribution in [0.3, 0.4) is 0 Å². The number of piperidine rings is 1. The van der Waals surface area contributed by atoms with E-state index >= 15 is 0 Å². The van der Waals surface area contributed by atoms with Gasteiger partial charge in [0.1, 0.15) is 0 Å². The van der Waals surface area contributed by atoms with Crippen LogP contribution in [0.2, 0.25) is 5.02 Å². The van der Waals surface area contributed by atoms with E-state index in [1.807, 2.05) is 89.8 Å². The zero-order chi connectivity index (χ0) is 24.2. The third-order valence-electron chi connectivity index (χ3n) is 6.55. The Morgan fingerprint density at radius 3 is 2.34 bits per heavy atom. The lowest BCUT2D eigenvalue weighted by molar-refractivity contribution is -0.126. The van der Waals surface area contributed by atoms with Gasteiger partial charge in [-0.3, -0.25) is 9.59 Å². The third kappa shape index (κ3) is 5.20. The lowest BCUT2D eigenvalue weighted by atomic mass is 9.94. The lowest BCUT2D eigenvalue weighted by Gasteiger charge is -2.31. The molecule has 6 heteroatoms. The molecule has 0 radical (unpaired) electrons. The number of hydrogen-bond acceptors (Lipinski definition) is 3. The van der Waals surface area contributed by atoms with Crippen LogP contribution in [0.25, 0.3) is 22.2 Å². The molecule has 35 heavy (non-hydrogen) atoms. The van der Waals surface area contributed by atoms with E-state index in [1.165, 1.54) is 0 Å². The minimum absolute atomic E-state index is 0.0260. The quantitative estimate of drug-likeness (QED) is 0.394. The maximum absolute atomic E-state index is 13.6. The van der Waals surface area contributed by atoms with Crippen molar-refractivity contribution in [1.82, 2.24) is 15.2 Å². The van der Waals surface area contributed by atoms with E-state index in [2.05, 4.69) is 5.32 Å². The first kappa shape index (κ1) is 23.1. The number of rotatable bonds is 5. The average Bonchev–Trinajstić information content (AvgIpc) is 2.92. The van der Waals surface area contributed by atoms with Gasteiger partial charge in [0.25, 0.3) is 5.91 Å². The highest BCUT2D eigenvalue weighted by Crippen LogP contribution is 2.28. The van der Waals surface area contributed by atoms with Gasteiger partial charge in [0.15, 0.2) is 0 Å². The summed E-state index contributed by atoms with van der Waals surface area (Å²) in [6.45, 7) is 1.62. The number of likely N-dealkylation sites (tertiary alicyclic amines) is 1. The van der Waals surface area contributed by atoms with Crippen molar-refractivity contribution < 1.29 is 9.59 Å². The molecule has 2 heterocycles. The fraction of sp³-hybridized carbons (Fsp3) is 0.207. The molecule has 0 bridgehead atoms. The molecule has 1 aliphatic heterocycles. The zero-order valence-corrected chi connectivity index (χ0v) is 20.0. The molecule has 4 aromatic rings. The Bertz CT molecular complexity index is 1350. The number of carbonyl (C=O) groups is 2. The molecule has 5 nitrogen and oxygen atoms in total. The summed E-state index contributed by atoms with van der Waals surface area (Å²) in [7, 11) is 0. The number of para-hydroxylation sites is 1. The highest BCUT2D eigenvalue weighted by Gasteiger charge is 2.28. The number of nitrogens with one attached hydrogen (secondary N) is 1. The zero-order valence-electron chi connectivity index (χ0n) is 19.3. The van der Waals surface area contributed by atoms with Gasteiger partial charge in [-0.1, -0.05) is 72.3 Å². The highest BCUT2D eigenvalue weighted by atomic mass is 35.5. The van der Waals surface area contributed by atoms with E-state index < -0.39 is 0 Å². The number of aromatic nitrogens is 1. The van der Waals surface area contributed by atoms with Crippen LogP contribution in [-0.2, 0) is 11.3 Å². The Morgan fingerprint density at radius 2 is 1.60 bits per heavy atom. The van der Waals surface area contributed by atoms with E-state index in [9.17, 15) is 9.59 Å². The van der Waals surface area contributed by atoms with Crippen LogP contribution < -0.4 is 5.32 Å². The molecule has 1 N–H and O–H groups in total. The van der Waals surface area contributed by atoms with E-state index in [-0.39, 0.29) is 17.7 Å². The molecule has 1 fully saturated rings. The smallest absolute Gasteiger partial charge is 0.254 e. The predicted octanol–water partition coefficient (Wildman–Crippen LogP) is 5.72. The molecule has 176 valence electrons. The van der Waals surface area contributed by atoms with Gasteiger partial charge in [-0.25, -0.2) is 4.98 Å².